The number of halogens is 2. The van der Waals surface area contributed by atoms with Crippen molar-refractivity contribution in [3.8, 4) is 5.75 Å². The Morgan fingerprint density at radius 2 is 1.95 bits per heavy atom. The maximum absolute atomic E-state index is 6.15. The third-order valence-electron chi connectivity index (χ3n) is 3.20. The van der Waals surface area contributed by atoms with Gasteiger partial charge in [0.05, 0.1) is 7.11 Å². The van der Waals surface area contributed by atoms with Crippen LogP contribution in [0.25, 0.3) is 0 Å². The van der Waals surface area contributed by atoms with Crippen molar-refractivity contribution in [3.63, 3.8) is 0 Å². The first-order valence-electron chi connectivity index (χ1n) is 6.41. The molecule has 2 nitrogen and oxygen atoms in total. The highest BCUT2D eigenvalue weighted by Crippen LogP contribution is 2.23. The van der Waals surface area contributed by atoms with Gasteiger partial charge in [0.1, 0.15) is 5.75 Å². The molecule has 20 heavy (non-hydrogen) atoms. The molecule has 0 radical (unpaired) electrons. The zero-order valence-electron chi connectivity index (χ0n) is 11.5. The Hall–Kier alpha value is -1.22. The van der Waals surface area contributed by atoms with Gasteiger partial charge in [-0.05, 0) is 48.4 Å². The van der Waals surface area contributed by atoms with Gasteiger partial charge in [-0.2, -0.15) is 0 Å². The Labute approximate surface area is 129 Å². The highest BCUT2D eigenvalue weighted by molar-refractivity contribution is 6.33. The quantitative estimate of drug-likeness (QED) is 0.852. The number of ether oxygens (including phenoxy) is 1. The molecule has 1 N–H and O–H groups in total. The second-order valence-electron chi connectivity index (χ2n) is 4.61. The molecule has 2 aromatic carbocycles. The van der Waals surface area contributed by atoms with E-state index in [1.807, 2.05) is 30.3 Å². The van der Waals surface area contributed by atoms with Crippen molar-refractivity contribution < 1.29 is 4.74 Å². The summed E-state index contributed by atoms with van der Waals surface area (Å²) in [6.45, 7) is 2.77. The fourth-order valence-corrected chi connectivity index (χ4v) is 2.35. The number of methoxy groups -OCH3 is 1. The van der Waals surface area contributed by atoms with Gasteiger partial charge < -0.3 is 10.1 Å². The maximum Gasteiger partial charge on any atom is 0.119 e. The highest BCUT2D eigenvalue weighted by Gasteiger charge is 2.08. The van der Waals surface area contributed by atoms with Gasteiger partial charge >= 0.3 is 0 Å². The number of hydrogen-bond donors (Lipinski definition) is 1. The molecular weight excluding hydrogens is 293 g/mol. The summed E-state index contributed by atoms with van der Waals surface area (Å²) < 4.78 is 5.24. The second kappa shape index (κ2) is 6.98. The Balaban J connectivity index is 2.04. The third kappa shape index (κ3) is 3.89. The van der Waals surface area contributed by atoms with E-state index in [9.17, 15) is 0 Å². The molecule has 0 saturated heterocycles. The van der Waals surface area contributed by atoms with E-state index in [1.54, 1.807) is 13.2 Å². The molecule has 0 saturated carbocycles. The van der Waals surface area contributed by atoms with E-state index in [0.29, 0.717) is 11.6 Å². The molecule has 0 spiro atoms. The third-order valence-corrected chi connectivity index (χ3v) is 3.80. The second-order valence-corrected chi connectivity index (χ2v) is 5.46. The van der Waals surface area contributed by atoms with E-state index >= 15 is 0 Å². The monoisotopic (exact) mass is 309 g/mol. The van der Waals surface area contributed by atoms with E-state index in [0.717, 1.165) is 16.3 Å². The molecule has 0 aliphatic rings. The Bertz CT molecular complexity index is 586. The molecule has 0 bridgehead atoms. The molecule has 0 heterocycles. The predicted molar refractivity (Wildman–Crippen MR) is 84.7 cm³/mol. The van der Waals surface area contributed by atoms with Gasteiger partial charge in [-0.1, -0.05) is 35.3 Å². The van der Waals surface area contributed by atoms with Crippen LogP contribution in [0.2, 0.25) is 10.0 Å². The molecule has 0 aromatic heterocycles. The van der Waals surface area contributed by atoms with Gasteiger partial charge in [0.25, 0.3) is 0 Å². The van der Waals surface area contributed by atoms with Crippen LogP contribution in [0, 0.1) is 0 Å². The van der Waals surface area contributed by atoms with Crippen LogP contribution in [-0.4, -0.2) is 7.11 Å². The van der Waals surface area contributed by atoms with E-state index < -0.39 is 0 Å². The fourth-order valence-electron chi connectivity index (χ4n) is 1.97. The van der Waals surface area contributed by atoms with Crippen molar-refractivity contribution in [3.05, 3.63) is 63.6 Å². The summed E-state index contributed by atoms with van der Waals surface area (Å²) in [7, 11) is 1.67. The molecular formula is C16H17Cl2NO. The van der Waals surface area contributed by atoms with Crippen LogP contribution in [0.5, 0.6) is 5.75 Å². The van der Waals surface area contributed by atoms with Crippen molar-refractivity contribution in [1.29, 1.82) is 0 Å². The molecule has 4 heteroatoms. The lowest BCUT2D eigenvalue weighted by molar-refractivity contribution is 0.413. The van der Waals surface area contributed by atoms with E-state index in [1.165, 1.54) is 5.56 Å². The van der Waals surface area contributed by atoms with E-state index in [4.69, 9.17) is 27.9 Å². The van der Waals surface area contributed by atoms with Crippen molar-refractivity contribution in [2.45, 2.75) is 19.5 Å². The van der Waals surface area contributed by atoms with Gasteiger partial charge in [0.15, 0.2) is 0 Å². The predicted octanol–water partition coefficient (Wildman–Crippen LogP) is 4.85. The average molecular weight is 310 g/mol. The number of nitrogens with one attached hydrogen (secondary N) is 1. The Kier molecular flexibility index (Phi) is 5.30. The van der Waals surface area contributed by atoms with Crippen LogP contribution in [0.3, 0.4) is 0 Å². The van der Waals surface area contributed by atoms with Crippen LogP contribution in [0.4, 0.5) is 0 Å². The van der Waals surface area contributed by atoms with Crippen LogP contribution in [-0.2, 0) is 6.54 Å². The summed E-state index contributed by atoms with van der Waals surface area (Å²) >= 11 is 12.1. The minimum absolute atomic E-state index is 0.195. The zero-order valence-corrected chi connectivity index (χ0v) is 13.0. The molecule has 0 amide bonds. The molecule has 0 aliphatic carbocycles. The summed E-state index contributed by atoms with van der Waals surface area (Å²) in [6.07, 6.45) is 0. The topological polar surface area (TPSA) is 21.3 Å². The van der Waals surface area contributed by atoms with Crippen molar-refractivity contribution >= 4 is 23.2 Å². The van der Waals surface area contributed by atoms with Gasteiger partial charge in [0, 0.05) is 22.6 Å². The summed E-state index contributed by atoms with van der Waals surface area (Å²) in [5, 5.41) is 4.85. The first-order valence-corrected chi connectivity index (χ1v) is 7.17. The first-order chi connectivity index (χ1) is 9.60. The molecule has 2 rings (SSSR count). The van der Waals surface area contributed by atoms with Crippen LogP contribution in [0.1, 0.15) is 24.1 Å². The summed E-state index contributed by atoms with van der Waals surface area (Å²) in [4.78, 5) is 0. The van der Waals surface area contributed by atoms with Crippen LogP contribution >= 0.6 is 23.2 Å². The number of rotatable bonds is 5. The lowest BCUT2D eigenvalue weighted by atomic mass is 10.1. The summed E-state index contributed by atoms with van der Waals surface area (Å²) in [6, 6.07) is 13.7. The Morgan fingerprint density at radius 3 is 2.70 bits per heavy atom. The van der Waals surface area contributed by atoms with Gasteiger partial charge in [0.2, 0.25) is 0 Å². The normalized spacial score (nSPS) is 12.2. The first kappa shape index (κ1) is 15.2. The van der Waals surface area contributed by atoms with Crippen LogP contribution in [0.15, 0.2) is 42.5 Å². The van der Waals surface area contributed by atoms with Gasteiger partial charge in [-0.25, -0.2) is 0 Å². The number of benzene rings is 2. The van der Waals surface area contributed by atoms with Crippen LogP contribution < -0.4 is 10.1 Å². The molecule has 0 aliphatic heterocycles. The summed E-state index contributed by atoms with van der Waals surface area (Å²) in [5.41, 5.74) is 2.16. The molecule has 0 fully saturated rings. The van der Waals surface area contributed by atoms with E-state index in [2.05, 4.69) is 18.3 Å². The lowest BCUT2D eigenvalue weighted by Crippen LogP contribution is -2.18. The lowest BCUT2D eigenvalue weighted by Gasteiger charge is -2.16. The standard InChI is InChI=1S/C16H17Cl2NO/c1-11(12-4-3-5-15(9-12)20-2)19-10-13-8-14(17)6-7-16(13)18/h3-9,11,19H,10H2,1-2H3/t11-/m0/s1. The van der Waals surface area contributed by atoms with Crippen molar-refractivity contribution in [2.75, 3.05) is 7.11 Å². The van der Waals surface area contributed by atoms with Gasteiger partial charge in [-0.3, -0.25) is 0 Å². The smallest absolute Gasteiger partial charge is 0.119 e. The minimum atomic E-state index is 0.195. The van der Waals surface area contributed by atoms with Crippen molar-refractivity contribution in [1.82, 2.24) is 5.32 Å². The number of hydrogen-bond acceptors (Lipinski definition) is 2. The maximum atomic E-state index is 6.15. The zero-order chi connectivity index (χ0) is 14.5. The summed E-state index contributed by atoms with van der Waals surface area (Å²) in [5.74, 6) is 0.858. The minimum Gasteiger partial charge on any atom is -0.497 e. The largest absolute Gasteiger partial charge is 0.497 e. The van der Waals surface area contributed by atoms with Gasteiger partial charge in [-0.15, -0.1) is 0 Å². The van der Waals surface area contributed by atoms with E-state index in [-0.39, 0.29) is 6.04 Å². The van der Waals surface area contributed by atoms with Crippen molar-refractivity contribution in [2.24, 2.45) is 0 Å². The molecule has 1 atom stereocenters. The fraction of sp³-hybridized carbons (Fsp3) is 0.250. The SMILES string of the molecule is COc1cccc([C@H](C)NCc2cc(Cl)ccc2Cl)c1. The highest BCUT2D eigenvalue weighted by atomic mass is 35.5. The molecule has 2 aromatic rings. The molecule has 106 valence electrons. The molecule has 0 unspecified atom stereocenters. The Morgan fingerprint density at radius 1 is 1.15 bits per heavy atom. The average Bonchev–Trinajstić information content (AvgIpc) is 2.48.